The van der Waals surface area contributed by atoms with Gasteiger partial charge in [-0.25, -0.2) is 4.79 Å². The van der Waals surface area contributed by atoms with Crippen LogP contribution >= 0.6 is 0 Å². The minimum absolute atomic E-state index is 0.0434. The molecule has 0 aromatic rings. The summed E-state index contributed by atoms with van der Waals surface area (Å²) in [6.45, 7) is 6.81. The molecule has 0 radical (unpaired) electrons. The summed E-state index contributed by atoms with van der Waals surface area (Å²) in [4.78, 5) is 31.8. The number of rotatable bonds is 6. The third-order valence-corrected chi connectivity index (χ3v) is 1.71. The number of esters is 1. The van der Waals surface area contributed by atoms with Crippen molar-refractivity contribution in [2.75, 3.05) is 6.61 Å². The molecule has 1 N–H and O–H groups in total. The van der Waals surface area contributed by atoms with Crippen molar-refractivity contribution in [3.63, 3.8) is 0 Å². The fraction of sp³-hybridized carbons (Fsp3) is 0.500. The summed E-state index contributed by atoms with van der Waals surface area (Å²) >= 11 is 0. The molecule has 84 valence electrons. The van der Waals surface area contributed by atoms with Gasteiger partial charge in [0.2, 0.25) is 6.29 Å². The van der Waals surface area contributed by atoms with Crippen LogP contribution < -0.4 is 5.32 Å². The van der Waals surface area contributed by atoms with E-state index in [1.165, 1.54) is 6.92 Å². The van der Waals surface area contributed by atoms with Crippen molar-refractivity contribution in [1.29, 1.82) is 0 Å². The van der Waals surface area contributed by atoms with Crippen LogP contribution in [0.3, 0.4) is 0 Å². The highest BCUT2D eigenvalue weighted by Crippen LogP contribution is 1.96. The average molecular weight is 213 g/mol. The normalized spacial score (nSPS) is 11.3. The standard InChI is InChI=1S/C10H15NO4/c1-4-8(11-9(13)5-12)6-15-10(14)7(2)3/h5,8H,2,4,6H2,1,3H3,(H,11,13). The van der Waals surface area contributed by atoms with Gasteiger partial charge in [0.1, 0.15) is 6.61 Å². The molecule has 0 aliphatic rings. The highest BCUT2D eigenvalue weighted by Gasteiger charge is 2.12. The van der Waals surface area contributed by atoms with Crippen molar-refractivity contribution in [2.24, 2.45) is 0 Å². The predicted octanol–water partition coefficient (Wildman–Crippen LogP) is 0.199. The Morgan fingerprint density at radius 1 is 1.53 bits per heavy atom. The summed E-state index contributed by atoms with van der Waals surface area (Å²) in [6.07, 6.45) is 0.756. The van der Waals surface area contributed by atoms with Crippen molar-refractivity contribution >= 4 is 18.2 Å². The van der Waals surface area contributed by atoms with Gasteiger partial charge in [-0.05, 0) is 13.3 Å². The van der Waals surface area contributed by atoms with Gasteiger partial charge >= 0.3 is 5.97 Å². The fourth-order valence-electron chi connectivity index (χ4n) is 0.796. The molecule has 0 fully saturated rings. The molecule has 1 unspecified atom stereocenters. The third-order valence-electron chi connectivity index (χ3n) is 1.71. The predicted molar refractivity (Wildman–Crippen MR) is 54.1 cm³/mol. The van der Waals surface area contributed by atoms with E-state index >= 15 is 0 Å². The number of aldehydes is 1. The maximum absolute atomic E-state index is 11.0. The minimum atomic E-state index is -0.715. The van der Waals surface area contributed by atoms with E-state index in [4.69, 9.17) is 4.74 Å². The summed E-state index contributed by atoms with van der Waals surface area (Å²) in [5.41, 5.74) is 0.298. The smallest absolute Gasteiger partial charge is 0.333 e. The first-order chi connectivity index (χ1) is 7.01. The molecule has 0 rings (SSSR count). The quantitative estimate of drug-likeness (QED) is 0.296. The molecule has 0 aliphatic carbocycles. The Morgan fingerprint density at radius 2 is 2.13 bits per heavy atom. The topological polar surface area (TPSA) is 72.5 Å². The second-order valence-corrected chi connectivity index (χ2v) is 3.11. The van der Waals surface area contributed by atoms with Gasteiger partial charge in [0, 0.05) is 5.57 Å². The van der Waals surface area contributed by atoms with E-state index in [0.29, 0.717) is 12.0 Å². The summed E-state index contributed by atoms with van der Waals surface area (Å²) < 4.78 is 4.83. The average Bonchev–Trinajstić information content (AvgIpc) is 2.22. The van der Waals surface area contributed by atoms with Gasteiger partial charge < -0.3 is 10.1 Å². The van der Waals surface area contributed by atoms with Crippen LogP contribution in [0.2, 0.25) is 0 Å². The van der Waals surface area contributed by atoms with Crippen molar-refractivity contribution in [1.82, 2.24) is 5.32 Å². The number of nitrogens with one attached hydrogen (secondary N) is 1. The maximum atomic E-state index is 11.0. The van der Waals surface area contributed by atoms with Gasteiger partial charge in [0.15, 0.2) is 0 Å². The van der Waals surface area contributed by atoms with Crippen molar-refractivity contribution in [2.45, 2.75) is 26.3 Å². The van der Waals surface area contributed by atoms with Gasteiger partial charge in [-0.3, -0.25) is 9.59 Å². The molecular weight excluding hydrogens is 198 g/mol. The zero-order chi connectivity index (χ0) is 11.8. The Bertz CT molecular complexity index is 273. The molecule has 0 spiro atoms. The van der Waals surface area contributed by atoms with E-state index in [2.05, 4.69) is 11.9 Å². The van der Waals surface area contributed by atoms with Gasteiger partial charge in [0.05, 0.1) is 6.04 Å². The molecule has 0 heterocycles. The molecule has 5 nitrogen and oxygen atoms in total. The lowest BCUT2D eigenvalue weighted by Crippen LogP contribution is -2.38. The molecule has 0 saturated heterocycles. The Morgan fingerprint density at radius 3 is 2.53 bits per heavy atom. The molecule has 0 saturated carbocycles. The molecule has 1 atom stereocenters. The van der Waals surface area contributed by atoms with E-state index in [1.807, 2.05) is 6.92 Å². The van der Waals surface area contributed by atoms with Crippen molar-refractivity contribution in [3.8, 4) is 0 Å². The third kappa shape index (κ3) is 5.61. The molecule has 0 aliphatic heterocycles. The number of carbonyl (C=O) groups excluding carboxylic acids is 3. The molecule has 15 heavy (non-hydrogen) atoms. The summed E-state index contributed by atoms with van der Waals surface area (Å²) in [7, 11) is 0. The molecule has 0 aromatic carbocycles. The lowest BCUT2D eigenvalue weighted by molar-refractivity contribution is -0.140. The fourth-order valence-corrected chi connectivity index (χ4v) is 0.796. The van der Waals surface area contributed by atoms with Crippen LogP contribution in [0, 0.1) is 0 Å². The summed E-state index contributed by atoms with van der Waals surface area (Å²) in [5.74, 6) is -1.22. The van der Waals surface area contributed by atoms with E-state index in [0.717, 1.165) is 0 Å². The van der Waals surface area contributed by atoms with Gasteiger partial charge in [0.25, 0.3) is 5.91 Å². The van der Waals surface area contributed by atoms with Gasteiger partial charge in [-0.15, -0.1) is 0 Å². The van der Waals surface area contributed by atoms with Crippen LogP contribution in [-0.4, -0.2) is 30.8 Å². The van der Waals surface area contributed by atoms with E-state index in [9.17, 15) is 14.4 Å². The van der Waals surface area contributed by atoms with Crippen molar-refractivity contribution < 1.29 is 19.1 Å². The summed E-state index contributed by atoms with van der Waals surface area (Å²) in [5, 5.41) is 2.40. The Labute approximate surface area is 88.5 Å². The zero-order valence-corrected chi connectivity index (χ0v) is 8.91. The molecule has 5 heteroatoms. The van der Waals surface area contributed by atoms with Crippen LogP contribution in [0.15, 0.2) is 12.2 Å². The number of hydrogen-bond acceptors (Lipinski definition) is 4. The van der Waals surface area contributed by atoms with Crippen LogP contribution in [0.4, 0.5) is 0 Å². The Hall–Kier alpha value is -1.65. The molecule has 0 bridgehead atoms. The zero-order valence-electron chi connectivity index (χ0n) is 8.91. The first-order valence-electron chi connectivity index (χ1n) is 4.59. The first kappa shape index (κ1) is 13.4. The number of amides is 1. The lowest BCUT2D eigenvalue weighted by atomic mass is 10.2. The molecule has 0 aromatic heterocycles. The Kier molecular flexibility index (Phi) is 6.01. The van der Waals surface area contributed by atoms with Crippen LogP contribution in [0.5, 0.6) is 0 Å². The maximum Gasteiger partial charge on any atom is 0.333 e. The second-order valence-electron chi connectivity index (χ2n) is 3.11. The van der Waals surface area contributed by atoms with E-state index in [1.54, 1.807) is 0 Å². The number of hydrogen-bond donors (Lipinski definition) is 1. The van der Waals surface area contributed by atoms with Gasteiger partial charge in [-0.2, -0.15) is 0 Å². The minimum Gasteiger partial charge on any atom is -0.460 e. The highest BCUT2D eigenvalue weighted by molar-refractivity contribution is 6.23. The largest absolute Gasteiger partial charge is 0.460 e. The van der Waals surface area contributed by atoms with E-state index in [-0.39, 0.29) is 18.9 Å². The first-order valence-corrected chi connectivity index (χ1v) is 4.59. The van der Waals surface area contributed by atoms with Crippen molar-refractivity contribution in [3.05, 3.63) is 12.2 Å². The van der Waals surface area contributed by atoms with Crippen LogP contribution in [0.1, 0.15) is 20.3 Å². The SMILES string of the molecule is C=C(C)C(=O)OCC(CC)NC(=O)C=O. The highest BCUT2D eigenvalue weighted by atomic mass is 16.5. The molecule has 1 amide bonds. The number of ether oxygens (including phenoxy) is 1. The lowest BCUT2D eigenvalue weighted by Gasteiger charge is -2.15. The van der Waals surface area contributed by atoms with Crippen LogP contribution in [-0.2, 0) is 19.1 Å². The van der Waals surface area contributed by atoms with Gasteiger partial charge in [-0.1, -0.05) is 13.5 Å². The monoisotopic (exact) mass is 213 g/mol. The summed E-state index contributed by atoms with van der Waals surface area (Å²) in [6, 6.07) is -0.342. The second kappa shape index (κ2) is 6.75. The number of carbonyl (C=O) groups is 3. The van der Waals surface area contributed by atoms with Crippen LogP contribution in [0.25, 0.3) is 0 Å². The Balaban J connectivity index is 4.00. The van der Waals surface area contributed by atoms with E-state index < -0.39 is 11.9 Å². The molecular formula is C10H15NO4.